The lowest BCUT2D eigenvalue weighted by atomic mass is 10.1. The quantitative estimate of drug-likeness (QED) is 0.834. The first-order chi connectivity index (χ1) is 9.99. The van der Waals surface area contributed by atoms with Gasteiger partial charge in [-0.05, 0) is 51.3 Å². The van der Waals surface area contributed by atoms with Crippen molar-refractivity contribution in [3.05, 3.63) is 16.8 Å². The van der Waals surface area contributed by atoms with Crippen molar-refractivity contribution in [2.45, 2.75) is 33.6 Å². The van der Waals surface area contributed by atoms with E-state index in [-0.39, 0.29) is 5.56 Å². The molecule has 1 aliphatic rings. The largest absolute Gasteiger partial charge is 0.478 e. The van der Waals surface area contributed by atoms with Crippen LogP contribution in [0.5, 0.6) is 0 Å². The third kappa shape index (κ3) is 3.91. The highest BCUT2D eigenvalue weighted by Crippen LogP contribution is 2.19. The Bertz CT molecular complexity index is 513. The topological polar surface area (TPSA) is 78.4 Å². The standard InChI is InChI=1S/C15H24N4O2/c1-10(9-19-6-4-5-7-19)8-16-14-13(15(20)21)11(2)12(3)17-18-14/h10H,4-9H2,1-3H3,(H,16,18)(H,20,21). The molecule has 0 aliphatic carbocycles. The van der Waals surface area contributed by atoms with Crippen LogP contribution in [0.4, 0.5) is 5.82 Å². The fourth-order valence-corrected chi connectivity index (χ4v) is 2.74. The van der Waals surface area contributed by atoms with E-state index < -0.39 is 5.97 Å². The second-order valence-electron chi connectivity index (χ2n) is 5.93. The number of hydrogen-bond acceptors (Lipinski definition) is 5. The number of aromatic nitrogens is 2. The van der Waals surface area contributed by atoms with Crippen LogP contribution in [-0.2, 0) is 0 Å². The molecule has 0 saturated carbocycles. The van der Waals surface area contributed by atoms with Crippen molar-refractivity contribution in [3.8, 4) is 0 Å². The molecule has 0 radical (unpaired) electrons. The molecular weight excluding hydrogens is 268 g/mol. The molecule has 1 aromatic heterocycles. The number of rotatable bonds is 6. The Labute approximate surface area is 125 Å². The van der Waals surface area contributed by atoms with Crippen molar-refractivity contribution < 1.29 is 9.90 Å². The molecule has 1 fully saturated rings. The lowest BCUT2D eigenvalue weighted by Crippen LogP contribution is -2.29. The monoisotopic (exact) mass is 292 g/mol. The summed E-state index contributed by atoms with van der Waals surface area (Å²) in [6.07, 6.45) is 2.57. The van der Waals surface area contributed by atoms with Crippen molar-refractivity contribution in [2.24, 2.45) is 5.92 Å². The molecule has 2 N–H and O–H groups in total. The average molecular weight is 292 g/mol. The zero-order valence-electron chi connectivity index (χ0n) is 13.0. The fourth-order valence-electron chi connectivity index (χ4n) is 2.74. The third-order valence-electron chi connectivity index (χ3n) is 4.05. The van der Waals surface area contributed by atoms with Gasteiger partial charge in [0.2, 0.25) is 0 Å². The van der Waals surface area contributed by atoms with E-state index in [1.807, 2.05) is 0 Å². The van der Waals surface area contributed by atoms with Gasteiger partial charge in [-0.15, -0.1) is 5.10 Å². The fraction of sp³-hybridized carbons (Fsp3) is 0.667. The van der Waals surface area contributed by atoms with E-state index in [4.69, 9.17) is 0 Å². The van der Waals surface area contributed by atoms with Crippen molar-refractivity contribution in [3.63, 3.8) is 0 Å². The van der Waals surface area contributed by atoms with E-state index in [0.717, 1.165) is 6.54 Å². The minimum atomic E-state index is -0.958. The first kappa shape index (κ1) is 15.7. The van der Waals surface area contributed by atoms with Crippen LogP contribution in [0.3, 0.4) is 0 Å². The predicted molar refractivity (Wildman–Crippen MR) is 81.8 cm³/mol. The molecule has 0 spiro atoms. The van der Waals surface area contributed by atoms with Crippen LogP contribution in [0.1, 0.15) is 41.4 Å². The summed E-state index contributed by atoms with van der Waals surface area (Å²) in [7, 11) is 0. The molecule has 2 rings (SSSR count). The highest BCUT2D eigenvalue weighted by Gasteiger charge is 2.19. The Kier molecular flexibility index (Phi) is 5.12. The van der Waals surface area contributed by atoms with Crippen LogP contribution in [0.2, 0.25) is 0 Å². The number of carboxylic acid groups (broad SMARTS) is 1. The maximum Gasteiger partial charge on any atom is 0.339 e. The van der Waals surface area contributed by atoms with Gasteiger partial charge in [-0.25, -0.2) is 4.79 Å². The Balaban J connectivity index is 1.99. The van der Waals surface area contributed by atoms with Gasteiger partial charge in [0, 0.05) is 13.1 Å². The van der Waals surface area contributed by atoms with Gasteiger partial charge in [-0.1, -0.05) is 6.92 Å². The highest BCUT2D eigenvalue weighted by molar-refractivity contribution is 5.94. The maximum atomic E-state index is 11.4. The smallest absolute Gasteiger partial charge is 0.339 e. The Morgan fingerprint density at radius 3 is 2.62 bits per heavy atom. The molecule has 6 heteroatoms. The molecular formula is C15H24N4O2. The van der Waals surface area contributed by atoms with E-state index in [0.29, 0.717) is 29.5 Å². The van der Waals surface area contributed by atoms with Crippen LogP contribution >= 0.6 is 0 Å². The molecule has 0 amide bonds. The first-order valence-corrected chi connectivity index (χ1v) is 7.52. The van der Waals surface area contributed by atoms with Gasteiger partial charge in [0.05, 0.1) is 5.69 Å². The van der Waals surface area contributed by atoms with Crippen LogP contribution in [0.25, 0.3) is 0 Å². The highest BCUT2D eigenvalue weighted by atomic mass is 16.4. The van der Waals surface area contributed by atoms with Gasteiger partial charge in [-0.2, -0.15) is 5.10 Å². The number of carboxylic acids is 1. The summed E-state index contributed by atoms with van der Waals surface area (Å²) < 4.78 is 0. The van der Waals surface area contributed by atoms with E-state index in [9.17, 15) is 9.90 Å². The predicted octanol–water partition coefficient (Wildman–Crippen LogP) is 1.94. The molecule has 2 heterocycles. The van der Waals surface area contributed by atoms with Crippen LogP contribution in [0.15, 0.2) is 0 Å². The molecule has 0 bridgehead atoms. The van der Waals surface area contributed by atoms with Gasteiger partial charge in [0.25, 0.3) is 0 Å². The number of aryl methyl sites for hydroxylation is 1. The summed E-state index contributed by atoms with van der Waals surface area (Å²) in [5.41, 5.74) is 1.56. The van der Waals surface area contributed by atoms with E-state index >= 15 is 0 Å². The SMILES string of the molecule is Cc1nnc(NCC(C)CN2CCCC2)c(C(=O)O)c1C. The van der Waals surface area contributed by atoms with Gasteiger partial charge in [0.15, 0.2) is 5.82 Å². The molecule has 6 nitrogen and oxygen atoms in total. The maximum absolute atomic E-state index is 11.4. The normalized spacial score (nSPS) is 16.9. The summed E-state index contributed by atoms with van der Waals surface area (Å²) in [6.45, 7) is 9.80. The van der Waals surface area contributed by atoms with Crippen LogP contribution < -0.4 is 5.32 Å². The molecule has 1 atom stereocenters. The Hall–Kier alpha value is -1.69. The third-order valence-corrected chi connectivity index (χ3v) is 4.05. The van der Waals surface area contributed by atoms with Crippen molar-refractivity contribution in [2.75, 3.05) is 31.5 Å². The lowest BCUT2D eigenvalue weighted by Gasteiger charge is -2.21. The number of carbonyl (C=O) groups is 1. The Morgan fingerprint density at radius 2 is 2.00 bits per heavy atom. The van der Waals surface area contributed by atoms with Crippen molar-refractivity contribution in [1.29, 1.82) is 0 Å². The number of likely N-dealkylation sites (tertiary alicyclic amines) is 1. The van der Waals surface area contributed by atoms with E-state index in [1.165, 1.54) is 25.9 Å². The molecule has 1 saturated heterocycles. The summed E-state index contributed by atoms with van der Waals surface area (Å²) in [4.78, 5) is 13.9. The van der Waals surface area contributed by atoms with E-state index in [2.05, 4.69) is 27.3 Å². The summed E-state index contributed by atoms with van der Waals surface area (Å²) in [5, 5.41) is 20.5. The number of nitrogens with zero attached hydrogens (tertiary/aromatic N) is 3. The van der Waals surface area contributed by atoms with Gasteiger partial charge >= 0.3 is 5.97 Å². The minimum Gasteiger partial charge on any atom is -0.478 e. The summed E-state index contributed by atoms with van der Waals surface area (Å²) >= 11 is 0. The zero-order chi connectivity index (χ0) is 15.4. The average Bonchev–Trinajstić information content (AvgIpc) is 2.92. The molecule has 0 aromatic carbocycles. The van der Waals surface area contributed by atoms with Gasteiger partial charge in [-0.3, -0.25) is 0 Å². The minimum absolute atomic E-state index is 0.232. The summed E-state index contributed by atoms with van der Waals surface area (Å²) in [6, 6.07) is 0. The molecule has 1 aliphatic heterocycles. The van der Waals surface area contributed by atoms with Gasteiger partial charge in [0.1, 0.15) is 5.56 Å². The van der Waals surface area contributed by atoms with Crippen LogP contribution in [0, 0.1) is 19.8 Å². The molecule has 1 aromatic rings. The molecule has 1 unspecified atom stereocenters. The second-order valence-corrected chi connectivity index (χ2v) is 5.93. The Morgan fingerprint density at radius 1 is 1.33 bits per heavy atom. The second kappa shape index (κ2) is 6.85. The summed E-state index contributed by atoms with van der Waals surface area (Å²) in [5.74, 6) is -0.146. The number of anilines is 1. The number of nitrogens with one attached hydrogen (secondary N) is 1. The number of aromatic carboxylic acids is 1. The lowest BCUT2D eigenvalue weighted by molar-refractivity contribution is 0.0696. The van der Waals surface area contributed by atoms with E-state index in [1.54, 1.807) is 13.8 Å². The van der Waals surface area contributed by atoms with Gasteiger partial charge < -0.3 is 15.3 Å². The zero-order valence-corrected chi connectivity index (χ0v) is 13.0. The molecule has 21 heavy (non-hydrogen) atoms. The first-order valence-electron chi connectivity index (χ1n) is 7.52. The number of hydrogen-bond donors (Lipinski definition) is 2. The van der Waals surface area contributed by atoms with Crippen LogP contribution in [-0.4, -0.2) is 52.4 Å². The van der Waals surface area contributed by atoms with Crippen molar-refractivity contribution in [1.82, 2.24) is 15.1 Å². The van der Waals surface area contributed by atoms with Crippen molar-refractivity contribution >= 4 is 11.8 Å². The molecule has 116 valence electrons.